The highest BCUT2D eigenvalue weighted by atomic mass is 16.5. The standard InChI is InChI=1S/C8H14O2/c1-4-5-10-8(3)6-7(2)9/h4-5,8H,6H2,1-3H3. The zero-order valence-corrected chi connectivity index (χ0v) is 6.76. The highest BCUT2D eigenvalue weighted by molar-refractivity contribution is 5.75. The average molecular weight is 142 g/mol. The Labute approximate surface area is 61.9 Å². The Bertz CT molecular complexity index is 127. The van der Waals surface area contributed by atoms with E-state index in [-0.39, 0.29) is 11.9 Å². The molecule has 58 valence electrons. The van der Waals surface area contributed by atoms with E-state index in [4.69, 9.17) is 4.74 Å². The van der Waals surface area contributed by atoms with E-state index in [1.54, 1.807) is 19.3 Å². The zero-order valence-electron chi connectivity index (χ0n) is 6.76. The summed E-state index contributed by atoms with van der Waals surface area (Å²) in [7, 11) is 0. The molecule has 0 rings (SSSR count). The summed E-state index contributed by atoms with van der Waals surface area (Å²) >= 11 is 0. The number of carbonyl (C=O) groups is 1. The summed E-state index contributed by atoms with van der Waals surface area (Å²) in [6.45, 7) is 5.32. The molecule has 0 aromatic heterocycles. The van der Waals surface area contributed by atoms with Crippen LogP contribution in [-0.4, -0.2) is 11.9 Å². The summed E-state index contributed by atoms with van der Waals surface area (Å²) in [6.07, 6.45) is 3.91. The van der Waals surface area contributed by atoms with Gasteiger partial charge in [-0.2, -0.15) is 0 Å². The Morgan fingerprint density at radius 3 is 2.70 bits per heavy atom. The fourth-order valence-electron chi connectivity index (χ4n) is 0.666. The summed E-state index contributed by atoms with van der Waals surface area (Å²) in [5.41, 5.74) is 0. The maximum atomic E-state index is 10.5. The molecule has 0 spiro atoms. The predicted molar refractivity (Wildman–Crippen MR) is 40.7 cm³/mol. The average Bonchev–Trinajstić information content (AvgIpc) is 1.82. The molecule has 0 bridgehead atoms. The van der Waals surface area contributed by atoms with Crippen LogP contribution in [0.3, 0.4) is 0 Å². The van der Waals surface area contributed by atoms with Gasteiger partial charge in [0.1, 0.15) is 11.9 Å². The van der Waals surface area contributed by atoms with E-state index >= 15 is 0 Å². The molecule has 0 fully saturated rings. The molecule has 0 radical (unpaired) electrons. The van der Waals surface area contributed by atoms with Crippen molar-refractivity contribution < 1.29 is 9.53 Å². The zero-order chi connectivity index (χ0) is 7.98. The van der Waals surface area contributed by atoms with Crippen molar-refractivity contribution in [3.05, 3.63) is 12.3 Å². The Kier molecular flexibility index (Phi) is 4.63. The first-order valence-corrected chi connectivity index (χ1v) is 3.43. The molecule has 0 aromatic carbocycles. The van der Waals surface area contributed by atoms with Crippen LogP contribution in [0.15, 0.2) is 12.3 Å². The summed E-state index contributed by atoms with van der Waals surface area (Å²) in [6, 6.07) is 0. The van der Waals surface area contributed by atoms with Crippen LogP contribution >= 0.6 is 0 Å². The maximum absolute atomic E-state index is 10.5. The third-order valence-electron chi connectivity index (χ3n) is 1.02. The van der Waals surface area contributed by atoms with E-state index in [2.05, 4.69) is 0 Å². The Balaban J connectivity index is 3.43. The van der Waals surface area contributed by atoms with Crippen molar-refractivity contribution in [3.8, 4) is 0 Å². The molecule has 0 heterocycles. The molecule has 0 amide bonds. The SMILES string of the molecule is CC=COC(C)CC(C)=O. The second-order valence-corrected chi connectivity index (χ2v) is 2.32. The maximum Gasteiger partial charge on any atom is 0.133 e. The van der Waals surface area contributed by atoms with Gasteiger partial charge in [-0.3, -0.25) is 4.79 Å². The molecule has 0 aliphatic rings. The van der Waals surface area contributed by atoms with Crippen LogP contribution in [0.1, 0.15) is 27.2 Å². The lowest BCUT2D eigenvalue weighted by Gasteiger charge is -2.07. The predicted octanol–water partition coefficient (Wildman–Crippen LogP) is 1.90. The highest BCUT2D eigenvalue weighted by Crippen LogP contribution is 1.97. The van der Waals surface area contributed by atoms with E-state index < -0.39 is 0 Å². The Hall–Kier alpha value is -0.790. The number of allylic oxidation sites excluding steroid dienone is 1. The number of ether oxygens (including phenoxy) is 1. The van der Waals surface area contributed by atoms with E-state index in [1.165, 1.54) is 0 Å². The molecule has 2 nitrogen and oxygen atoms in total. The number of hydrogen-bond donors (Lipinski definition) is 0. The van der Waals surface area contributed by atoms with Crippen LogP contribution < -0.4 is 0 Å². The monoisotopic (exact) mass is 142 g/mol. The Morgan fingerprint density at radius 1 is 1.70 bits per heavy atom. The number of carbonyl (C=O) groups excluding carboxylic acids is 1. The summed E-state index contributed by atoms with van der Waals surface area (Å²) < 4.78 is 5.10. The number of Topliss-reactive ketones (excluding diaryl/α,β-unsaturated/α-hetero) is 1. The van der Waals surface area contributed by atoms with Gasteiger partial charge in [0, 0.05) is 6.42 Å². The van der Waals surface area contributed by atoms with Gasteiger partial charge in [-0.15, -0.1) is 0 Å². The van der Waals surface area contributed by atoms with Crippen molar-refractivity contribution in [1.29, 1.82) is 0 Å². The lowest BCUT2D eigenvalue weighted by molar-refractivity contribution is -0.118. The van der Waals surface area contributed by atoms with Crippen LogP contribution in [0.4, 0.5) is 0 Å². The van der Waals surface area contributed by atoms with Crippen LogP contribution in [0.5, 0.6) is 0 Å². The number of hydrogen-bond acceptors (Lipinski definition) is 2. The van der Waals surface area contributed by atoms with Crippen molar-refractivity contribution in [2.75, 3.05) is 0 Å². The molecule has 0 N–H and O–H groups in total. The molecule has 1 atom stereocenters. The molecule has 2 heteroatoms. The number of rotatable bonds is 4. The minimum atomic E-state index is 0.00806. The van der Waals surface area contributed by atoms with Gasteiger partial charge in [0.15, 0.2) is 0 Å². The van der Waals surface area contributed by atoms with Gasteiger partial charge in [0.05, 0.1) is 6.26 Å². The lowest BCUT2D eigenvalue weighted by Crippen LogP contribution is -2.08. The van der Waals surface area contributed by atoms with Crippen LogP contribution in [0, 0.1) is 0 Å². The lowest BCUT2D eigenvalue weighted by atomic mass is 10.2. The molecule has 0 saturated heterocycles. The third-order valence-corrected chi connectivity index (χ3v) is 1.02. The van der Waals surface area contributed by atoms with Crippen LogP contribution in [0.2, 0.25) is 0 Å². The first-order valence-electron chi connectivity index (χ1n) is 3.43. The largest absolute Gasteiger partial charge is 0.498 e. The molecule has 0 aliphatic heterocycles. The van der Waals surface area contributed by atoms with Gasteiger partial charge < -0.3 is 4.74 Å². The smallest absolute Gasteiger partial charge is 0.133 e. The van der Waals surface area contributed by atoms with E-state index in [0.29, 0.717) is 6.42 Å². The van der Waals surface area contributed by atoms with Gasteiger partial charge in [-0.25, -0.2) is 0 Å². The fourth-order valence-corrected chi connectivity index (χ4v) is 0.666. The molecule has 1 unspecified atom stereocenters. The quantitative estimate of drug-likeness (QED) is 0.560. The number of ketones is 1. The van der Waals surface area contributed by atoms with Crippen molar-refractivity contribution in [1.82, 2.24) is 0 Å². The van der Waals surface area contributed by atoms with Crippen molar-refractivity contribution in [3.63, 3.8) is 0 Å². The minimum absolute atomic E-state index is 0.00806. The van der Waals surface area contributed by atoms with Gasteiger partial charge in [0.2, 0.25) is 0 Å². The molecular formula is C8H14O2. The summed E-state index contributed by atoms with van der Waals surface area (Å²) in [5.74, 6) is 0.164. The third kappa shape index (κ3) is 5.35. The van der Waals surface area contributed by atoms with E-state index in [1.807, 2.05) is 13.8 Å². The van der Waals surface area contributed by atoms with Crippen molar-refractivity contribution in [2.45, 2.75) is 33.3 Å². The topological polar surface area (TPSA) is 26.3 Å². The second kappa shape index (κ2) is 5.03. The van der Waals surface area contributed by atoms with Crippen molar-refractivity contribution >= 4 is 5.78 Å². The molecule has 0 aromatic rings. The minimum Gasteiger partial charge on any atom is -0.498 e. The normalized spacial score (nSPS) is 13.5. The van der Waals surface area contributed by atoms with Gasteiger partial charge in [0.25, 0.3) is 0 Å². The molecule has 0 saturated carbocycles. The first kappa shape index (κ1) is 9.21. The van der Waals surface area contributed by atoms with E-state index in [0.717, 1.165) is 0 Å². The van der Waals surface area contributed by atoms with Gasteiger partial charge >= 0.3 is 0 Å². The van der Waals surface area contributed by atoms with E-state index in [9.17, 15) is 4.79 Å². The second-order valence-electron chi connectivity index (χ2n) is 2.32. The first-order chi connectivity index (χ1) is 4.66. The fraction of sp³-hybridized carbons (Fsp3) is 0.625. The summed E-state index contributed by atoms with van der Waals surface area (Å²) in [5, 5.41) is 0. The van der Waals surface area contributed by atoms with Gasteiger partial charge in [-0.1, -0.05) is 6.08 Å². The molecule has 10 heavy (non-hydrogen) atoms. The Morgan fingerprint density at radius 2 is 2.30 bits per heavy atom. The summed E-state index contributed by atoms with van der Waals surface area (Å²) in [4.78, 5) is 10.5. The molecule has 0 aliphatic carbocycles. The van der Waals surface area contributed by atoms with Gasteiger partial charge in [-0.05, 0) is 20.8 Å². The van der Waals surface area contributed by atoms with Crippen molar-refractivity contribution in [2.24, 2.45) is 0 Å². The molecular weight excluding hydrogens is 128 g/mol. The highest BCUT2D eigenvalue weighted by Gasteiger charge is 2.02. The van der Waals surface area contributed by atoms with Crippen LogP contribution in [0.25, 0.3) is 0 Å². The van der Waals surface area contributed by atoms with Crippen LogP contribution in [-0.2, 0) is 9.53 Å².